The van der Waals surface area contributed by atoms with Crippen LogP contribution in [0.15, 0.2) is 18.2 Å². The lowest BCUT2D eigenvalue weighted by Crippen LogP contribution is -2.23. The quantitative estimate of drug-likeness (QED) is 0.864. The van der Waals surface area contributed by atoms with E-state index < -0.39 is 5.91 Å². The first kappa shape index (κ1) is 12.4. The first-order chi connectivity index (χ1) is 8.49. The summed E-state index contributed by atoms with van der Waals surface area (Å²) >= 11 is 0. The predicted octanol–water partition coefficient (Wildman–Crippen LogP) is 1.03. The van der Waals surface area contributed by atoms with Crippen molar-refractivity contribution in [3.8, 4) is 5.75 Å². The number of hydrogen-bond acceptors (Lipinski definition) is 3. The van der Waals surface area contributed by atoms with Crippen LogP contribution in [0.4, 0.5) is 0 Å². The molecule has 0 aromatic heterocycles. The second-order valence-electron chi connectivity index (χ2n) is 4.59. The maximum absolute atomic E-state index is 12.0. The summed E-state index contributed by atoms with van der Waals surface area (Å²) in [5.74, 6) is -0.240. The Balaban J connectivity index is 2.38. The van der Waals surface area contributed by atoms with Crippen LogP contribution in [0, 0.1) is 0 Å². The summed E-state index contributed by atoms with van der Waals surface area (Å²) in [6.45, 7) is 0. The van der Waals surface area contributed by atoms with Crippen molar-refractivity contribution in [1.82, 2.24) is 4.90 Å². The standard InChI is InChI=1S/C13H16N2O3/c1-15(2)13(17)10-7-8(12(14)16)3-6-11(10)18-9-4-5-9/h3,6-7,9H,4-5H2,1-2H3,(H2,14,16). The first-order valence-corrected chi connectivity index (χ1v) is 5.81. The van der Waals surface area contributed by atoms with Gasteiger partial charge in [-0.3, -0.25) is 9.59 Å². The molecule has 0 bridgehead atoms. The molecule has 5 heteroatoms. The van der Waals surface area contributed by atoms with Gasteiger partial charge >= 0.3 is 0 Å². The molecule has 2 rings (SSSR count). The van der Waals surface area contributed by atoms with Crippen molar-refractivity contribution in [3.63, 3.8) is 0 Å². The molecule has 2 amide bonds. The molecule has 0 atom stereocenters. The Hall–Kier alpha value is -2.04. The molecule has 0 unspecified atom stereocenters. The summed E-state index contributed by atoms with van der Waals surface area (Å²) in [7, 11) is 3.31. The molecular weight excluding hydrogens is 232 g/mol. The average molecular weight is 248 g/mol. The van der Waals surface area contributed by atoms with Gasteiger partial charge in [0.15, 0.2) is 0 Å². The summed E-state index contributed by atoms with van der Waals surface area (Å²) < 4.78 is 5.66. The van der Waals surface area contributed by atoms with Gasteiger partial charge in [-0.2, -0.15) is 0 Å². The second-order valence-corrected chi connectivity index (χ2v) is 4.59. The number of carbonyl (C=O) groups is 2. The van der Waals surface area contributed by atoms with Crippen LogP contribution in [0.5, 0.6) is 5.75 Å². The number of hydrogen-bond donors (Lipinski definition) is 1. The molecule has 5 nitrogen and oxygen atoms in total. The number of benzene rings is 1. The van der Waals surface area contributed by atoms with Gasteiger partial charge < -0.3 is 15.4 Å². The van der Waals surface area contributed by atoms with Crippen molar-refractivity contribution < 1.29 is 14.3 Å². The predicted molar refractivity (Wildman–Crippen MR) is 66.6 cm³/mol. The lowest BCUT2D eigenvalue weighted by molar-refractivity contribution is 0.0823. The molecule has 1 saturated carbocycles. The molecule has 1 aliphatic rings. The third-order valence-corrected chi connectivity index (χ3v) is 2.72. The minimum atomic E-state index is -0.555. The number of primary amides is 1. The molecule has 1 aliphatic carbocycles. The number of nitrogens with zero attached hydrogens (tertiary/aromatic N) is 1. The van der Waals surface area contributed by atoms with Crippen LogP contribution >= 0.6 is 0 Å². The largest absolute Gasteiger partial charge is 0.490 e. The molecule has 1 aromatic rings. The van der Waals surface area contributed by atoms with Crippen LogP contribution in [0.3, 0.4) is 0 Å². The second kappa shape index (κ2) is 4.68. The van der Waals surface area contributed by atoms with E-state index in [1.165, 1.54) is 11.0 Å². The molecule has 0 spiro atoms. The minimum Gasteiger partial charge on any atom is -0.490 e. The lowest BCUT2D eigenvalue weighted by atomic mass is 10.1. The third kappa shape index (κ3) is 2.61. The summed E-state index contributed by atoms with van der Waals surface area (Å²) in [4.78, 5) is 24.6. The van der Waals surface area contributed by atoms with E-state index in [0.29, 0.717) is 16.9 Å². The maximum Gasteiger partial charge on any atom is 0.257 e. The molecule has 0 radical (unpaired) electrons. The van der Waals surface area contributed by atoms with Crippen LogP contribution in [-0.4, -0.2) is 36.9 Å². The van der Waals surface area contributed by atoms with Gasteiger partial charge in [0.25, 0.3) is 5.91 Å². The summed E-state index contributed by atoms with van der Waals surface area (Å²) in [6.07, 6.45) is 2.21. The normalized spacial score (nSPS) is 14.1. The Bertz CT molecular complexity index is 493. The summed E-state index contributed by atoms with van der Waals surface area (Å²) in [5, 5.41) is 0. The van der Waals surface area contributed by atoms with E-state index in [2.05, 4.69) is 0 Å². The molecule has 0 saturated heterocycles. The van der Waals surface area contributed by atoms with Gasteiger partial charge in [0.2, 0.25) is 5.91 Å². The average Bonchev–Trinajstić information content (AvgIpc) is 3.12. The summed E-state index contributed by atoms with van der Waals surface area (Å²) in [6, 6.07) is 4.70. The number of carbonyl (C=O) groups excluding carboxylic acids is 2. The van der Waals surface area contributed by atoms with Crippen LogP contribution in [0.2, 0.25) is 0 Å². The Morgan fingerprint density at radius 3 is 2.50 bits per heavy atom. The zero-order valence-corrected chi connectivity index (χ0v) is 10.5. The Morgan fingerprint density at radius 2 is 2.00 bits per heavy atom. The third-order valence-electron chi connectivity index (χ3n) is 2.72. The molecule has 0 aliphatic heterocycles. The van der Waals surface area contributed by atoms with Crippen LogP contribution in [0.1, 0.15) is 33.6 Å². The zero-order valence-electron chi connectivity index (χ0n) is 10.5. The van der Waals surface area contributed by atoms with E-state index in [1.807, 2.05) is 0 Å². The number of amides is 2. The van der Waals surface area contributed by atoms with Crippen molar-refractivity contribution in [3.05, 3.63) is 29.3 Å². The molecule has 2 N–H and O–H groups in total. The Labute approximate surface area is 106 Å². The SMILES string of the molecule is CN(C)C(=O)c1cc(C(N)=O)ccc1OC1CC1. The molecule has 1 fully saturated rings. The highest BCUT2D eigenvalue weighted by molar-refractivity contribution is 6.00. The van der Waals surface area contributed by atoms with Gasteiger partial charge in [-0.15, -0.1) is 0 Å². The van der Waals surface area contributed by atoms with Gasteiger partial charge in [-0.25, -0.2) is 0 Å². The smallest absolute Gasteiger partial charge is 0.257 e. The maximum atomic E-state index is 12.0. The van der Waals surface area contributed by atoms with Gasteiger partial charge in [-0.05, 0) is 31.0 Å². The number of nitrogens with two attached hydrogens (primary N) is 1. The topological polar surface area (TPSA) is 72.6 Å². The molecule has 96 valence electrons. The highest BCUT2D eigenvalue weighted by atomic mass is 16.5. The minimum absolute atomic E-state index is 0.193. The fraction of sp³-hybridized carbons (Fsp3) is 0.385. The number of rotatable bonds is 4. The van der Waals surface area contributed by atoms with E-state index in [1.54, 1.807) is 26.2 Å². The van der Waals surface area contributed by atoms with Gasteiger partial charge in [0, 0.05) is 19.7 Å². The molecule has 18 heavy (non-hydrogen) atoms. The van der Waals surface area contributed by atoms with Gasteiger partial charge in [0.1, 0.15) is 5.75 Å². The van der Waals surface area contributed by atoms with E-state index in [9.17, 15) is 9.59 Å². The van der Waals surface area contributed by atoms with E-state index >= 15 is 0 Å². The van der Waals surface area contributed by atoms with Crippen molar-refractivity contribution in [1.29, 1.82) is 0 Å². The summed E-state index contributed by atoms with van der Waals surface area (Å²) in [5.41, 5.74) is 5.90. The van der Waals surface area contributed by atoms with Gasteiger partial charge in [0.05, 0.1) is 11.7 Å². The van der Waals surface area contributed by atoms with Crippen molar-refractivity contribution >= 4 is 11.8 Å². The van der Waals surface area contributed by atoms with Gasteiger partial charge in [-0.1, -0.05) is 0 Å². The molecular formula is C13H16N2O3. The Kier molecular flexibility index (Phi) is 3.23. The zero-order chi connectivity index (χ0) is 13.3. The van der Waals surface area contributed by atoms with Crippen molar-refractivity contribution in [2.45, 2.75) is 18.9 Å². The Morgan fingerprint density at radius 1 is 1.33 bits per heavy atom. The van der Waals surface area contributed by atoms with Crippen molar-refractivity contribution in [2.75, 3.05) is 14.1 Å². The van der Waals surface area contributed by atoms with E-state index in [0.717, 1.165) is 12.8 Å². The molecule has 0 heterocycles. The van der Waals surface area contributed by atoms with Crippen molar-refractivity contribution in [2.24, 2.45) is 5.73 Å². The first-order valence-electron chi connectivity index (χ1n) is 5.81. The van der Waals surface area contributed by atoms with Crippen LogP contribution < -0.4 is 10.5 Å². The highest BCUT2D eigenvalue weighted by Gasteiger charge is 2.26. The van der Waals surface area contributed by atoms with Crippen LogP contribution in [-0.2, 0) is 0 Å². The monoisotopic (exact) mass is 248 g/mol. The van der Waals surface area contributed by atoms with Crippen LogP contribution in [0.25, 0.3) is 0 Å². The van der Waals surface area contributed by atoms with E-state index in [-0.39, 0.29) is 12.0 Å². The fourth-order valence-electron chi connectivity index (χ4n) is 1.56. The molecule has 1 aromatic carbocycles. The lowest BCUT2D eigenvalue weighted by Gasteiger charge is -2.15. The van der Waals surface area contributed by atoms with E-state index in [4.69, 9.17) is 10.5 Å². The highest BCUT2D eigenvalue weighted by Crippen LogP contribution is 2.30. The number of ether oxygens (including phenoxy) is 1. The fourth-order valence-corrected chi connectivity index (χ4v) is 1.56.